The quantitative estimate of drug-likeness (QED) is 0.473. The van der Waals surface area contributed by atoms with Crippen molar-refractivity contribution in [2.75, 3.05) is 6.26 Å². The minimum atomic E-state index is -3.36. The predicted octanol–water partition coefficient (Wildman–Crippen LogP) is 3.17. The Morgan fingerprint density at radius 3 is 2.33 bits per heavy atom. The van der Waals surface area contributed by atoms with Gasteiger partial charge in [0.2, 0.25) is 5.91 Å². The van der Waals surface area contributed by atoms with Crippen molar-refractivity contribution in [3.63, 3.8) is 0 Å². The molecule has 0 fully saturated rings. The fourth-order valence-corrected chi connectivity index (χ4v) is 4.56. The number of primary amides is 1. The van der Waals surface area contributed by atoms with Gasteiger partial charge in [-0.1, -0.05) is 29.8 Å². The highest BCUT2D eigenvalue weighted by Gasteiger charge is 2.22. The third-order valence-corrected chi connectivity index (χ3v) is 6.74. The summed E-state index contributed by atoms with van der Waals surface area (Å²) in [6.07, 6.45) is 2.21. The number of aromatic amines is 1. The van der Waals surface area contributed by atoms with E-state index in [0.717, 1.165) is 22.9 Å². The number of H-pyrrole nitrogens is 1. The number of sulfone groups is 1. The number of nitrogens with one attached hydrogen (secondary N) is 1. The van der Waals surface area contributed by atoms with E-state index >= 15 is 0 Å². The number of hydrogen-bond donors (Lipinski definition) is 2. The van der Waals surface area contributed by atoms with E-state index in [1.165, 1.54) is 24.4 Å². The van der Waals surface area contributed by atoms with Gasteiger partial charge in [0.1, 0.15) is 0 Å². The molecular weight excluding hydrogens is 464 g/mol. The number of rotatable bonds is 8. The topological polar surface area (TPSA) is 127 Å². The summed E-state index contributed by atoms with van der Waals surface area (Å²) in [5.74, 6) is -1.33. The fourth-order valence-electron chi connectivity index (χ4n) is 3.70. The number of ketones is 1. The second-order valence-corrected chi connectivity index (χ2v) is 10.4. The summed E-state index contributed by atoms with van der Waals surface area (Å²) in [6.45, 7) is 1.88. The molecule has 0 radical (unpaired) electrons. The van der Waals surface area contributed by atoms with Gasteiger partial charge in [0.15, 0.2) is 15.6 Å². The fraction of sp³-hybridized carbons (Fsp3) is 0.208. The van der Waals surface area contributed by atoms with Crippen LogP contribution in [0.15, 0.2) is 64.4 Å². The zero-order valence-corrected chi connectivity index (χ0v) is 19.7. The Labute approximate surface area is 196 Å². The number of benzene rings is 2. The van der Waals surface area contributed by atoms with Crippen LogP contribution < -0.4 is 11.3 Å². The lowest BCUT2D eigenvalue weighted by Gasteiger charge is -2.20. The molecule has 3 aromatic rings. The lowest BCUT2D eigenvalue weighted by atomic mass is 9.84. The summed E-state index contributed by atoms with van der Waals surface area (Å²) in [5, 5.41) is 0.561. The highest BCUT2D eigenvalue weighted by Crippen LogP contribution is 2.33. The Bertz CT molecular complexity index is 1380. The van der Waals surface area contributed by atoms with Crippen LogP contribution in [0.25, 0.3) is 0 Å². The zero-order valence-electron chi connectivity index (χ0n) is 18.1. The van der Waals surface area contributed by atoms with Crippen LogP contribution in [-0.2, 0) is 21.1 Å². The maximum Gasteiger partial charge on any atom is 0.251 e. The van der Waals surface area contributed by atoms with E-state index in [1.54, 1.807) is 24.3 Å². The maximum absolute atomic E-state index is 13.2. The molecule has 1 atom stereocenters. The molecular formula is C24H23ClN2O5S. The van der Waals surface area contributed by atoms with Gasteiger partial charge in [-0.3, -0.25) is 14.4 Å². The molecule has 2 aromatic carbocycles. The summed E-state index contributed by atoms with van der Waals surface area (Å²) >= 11 is 6.11. The van der Waals surface area contributed by atoms with Crippen molar-refractivity contribution in [1.82, 2.24) is 4.98 Å². The Morgan fingerprint density at radius 1 is 1.09 bits per heavy atom. The highest BCUT2D eigenvalue weighted by atomic mass is 35.5. The average Bonchev–Trinajstić information content (AvgIpc) is 2.73. The number of Topliss-reactive ketones (excluding diaryl/α,β-unsaturated/α-hetero) is 1. The molecule has 7 nitrogen and oxygen atoms in total. The van der Waals surface area contributed by atoms with Crippen LogP contribution in [-0.4, -0.2) is 31.3 Å². The van der Waals surface area contributed by atoms with E-state index < -0.39 is 27.2 Å². The first-order chi connectivity index (χ1) is 15.5. The largest absolute Gasteiger partial charge is 0.369 e. The highest BCUT2D eigenvalue weighted by molar-refractivity contribution is 7.90. The van der Waals surface area contributed by atoms with Crippen molar-refractivity contribution in [1.29, 1.82) is 0 Å². The molecule has 0 saturated carbocycles. The van der Waals surface area contributed by atoms with Gasteiger partial charge in [-0.2, -0.15) is 0 Å². The molecule has 0 aliphatic heterocycles. The number of carbonyl (C=O) groups is 2. The van der Waals surface area contributed by atoms with Crippen LogP contribution in [0, 0.1) is 6.92 Å². The molecule has 9 heteroatoms. The van der Waals surface area contributed by atoms with Gasteiger partial charge in [0.05, 0.1) is 11.3 Å². The van der Waals surface area contributed by atoms with E-state index in [2.05, 4.69) is 4.98 Å². The number of aromatic nitrogens is 1. The van der Waals surface area contributed by atoms with Crippen molar-refractivity contribution in [2.45, 2.75) is 30.6 Å². The van der Waals surface area contributed by atoms with Crippen LogP contribution in [0.5, 0.6) is 0 Å². The van der Waals surface area contributed by atoms with Crippen LogP contribution >= 0.6 is 11.6 Å². The lowest BCUT2D eigenvalue weighted by Crippen LogP contribution is -2.22. The SMILES string of the molecule is Cc1cc(Cl)ccc1C(CC(=O)c1c[nH]c(=O)c(CC(N)=O)c1)c1ccc(S(C)(=O)=O)cc1. The number of nitrogens with two attached hydrogens (primary N) is 1. The van der Waals surface area contributed by atoms with Crippen LogP contribution in [0.3, 0.4) is 0 Å². The first kappa shape index (κ1) is 24.4. The molecule has 1 heterocycles. The van der Waals surface area contributed by atoms with Gasteiger partial charge in [0.25, 0.3) is 5.56 Å². The van der Waals surface area contributed by atoms with E-state index in [0.29, 0.717) is 5.02 Å². The summed E-state index contributed by atoms with van der Waals surface area (Å²) < 4.78 is 23.7. The molecule has 1 aromatic heterocycles. The van der Waals surface area contributed by atoms with Crippen molar-refractivity contribution >= 4 is 33.1 Å². The van der Waals surface area contributed by atoms with Crippen LogP contribution in [0.4, 0.5) is 0 Å². The molecule has 3 N–H and O–H groups in total. The standard InChI is InChI=1S/C24H23ClN2O5S/c1-14-9-18(25)5-8-20(14)21(15-3-6-19(7-4-15)33(2,31)32)12-22(28)17-10-16(11-23(26)29)24(30)27-13-17/h3-10,13,21H,11-12H2,1-2H3,(H2,26,29)(H,27,30). The zero-order chi connectivity index (χ0) is 24.3. The van der Waals surface area contributed by atoms with E-state index in [-0.39, 0.29) is 34.6 Å². The molecule has 33 heavy (non-hydrogen) atoms. The summed E-state index contributed by atoms with van der Waals surface area (Å²) in [7, 11) is -3.36. The van der Waals surface area contributed by atoms with E-state index in [4.69, 9.17) is 17.3 Å². The summed E-state index contributed by atoms with van der Waals surface area (Å²) in [4.78, 5) is 39.1. The normalized spacial score (nSPS) is 12.3. The third-order valence-electron chi connectivity index (χ3n) is 5.37. The van der Waals surface area contributed by atoms with Gasteiger partial charge in [-0.15, -0.1) is 0 Å². The maximum atomic E-state index is 13.2. The second kappa shape index (κ2) is 9.72. The molecule has 1 unspecified atom stereocenters. The smallest absolute Gasteiger partial charge is 0.251 e. The second-order valence-electron chi connectivity index (χ2n) is 7.91. The minimum absolute atomic E-state index is 0.0444. The number of pyridine rings is 1. The van der Waals surface area contributed by atoms with Gasteiger partial charge in [-0.05, 0) is 53.9 Å². The molecule has 3 rings (SSSR count). The Hall–Kier alpha value is -3.23. The molecule has 172 valence electrons. The number of aryl methyl sites for hydroxylation is 1. The van der Waals surface area contributed by atoms with Gasteiger partial charge in [-0.25, -0.2) is 8.42 Å². The van der Waals surface area contributed by atoms with E-state index in [9.17, 15) is 22.8 Å². The summed E-state index contributed by atoms with van der Waals surface area (Å²) in [5.41, 5.74) is 7.57. The molecule has 0 saturated heterocycles. The van der Waals surface area contributed by atoms with Crippen molar-refractivity contribution in [2.24, 2.45) is 5.73 Å². The lowest BCUT2D eigenvalue weighted by molar-refractivity contribution is -0.117. The third kappa shape index (κ3) is 5.97. The van der Waals surface area contributed by atoms with Crippen molar-refractivity contribution < 1.29 is 18.0 Å². The molecule has 0 bridgehead atoms. The average molecular weight is 487 g/mol. The number of amides is 1. The molecule has 0 aliphatic carbocycles. The van der Waals surface area contributed by atoms with Crippen molar-refractivity contribution in [3.05, 3.63) is 97.9 Å². The number of halogens is 1. The first-order valence-corrected chi connectivity index (χ1v) is 12.3. The molecule has 0 aliphatic rings. The van der Waals surface area contributed by atoms with Gasteiger partial charge < -0.3 is 10.7 Å². The first-order valence-electron chi connectivity index (χ1n) is 10.0. The monoisotopic (exact) mass is 486 g/mol. The van der Waals surface area contributed by atoms with Gasteiger partial charge in [0, 0.05) is 40.9 Å². The summed E-state index contributed by atoms with van der Waals surface area (Å²) in [6, 6.07) is 13.1. The molecule has 1 amide bonds. The van der Waals surface area contributed by atoms with E-state index in [1.807, 2.05) is 13.0 Å². The Kier molecular flexibility index (Phi) is 7.19. The Morgan fingerprint density at radius 2 is 1.76 bits per heavy atom. The number of carbonyl (C=O) groups excluding carboxylic acids is 2. The van der Waals surface area contributed by atoms with Gasteiger partial charge >= 0.3 is 0 Å². The Balaban J connectivity index is 2.02. The van der Waals surface area contributed by atoms with Crippen LogP contribution in [0.1, 0.15) is 45.0 Å². The van der Waals surface area contributed by atoms with Crippen LogP contribution in [0.2, 0.25) is 5.02 Å². The molecule has 0 spiro atoms. The number of hydrogen-bond acceptors (Lipinski definition) is 5. The minimum Gasteiger partial charge on any atom is -0.369 e. The van der Waals surface area contributed by atoms with Crippen molar-refractivity contribution in [3.8, 4) is 0 Å². The predicted molar refractivity (Wildman–Crippen MR) is 126 cm³/mol.